The summed E-state index contributed by atoms with van der Waals surface area (Å²) >= 11 is 0. The molecule has 1 aliphatic heterocycles. The first-order valence-electron chi connectivity index (χ1n) is 7.72. The van der Waals surface area contributed by atoms with Gasteiger partial charge in [0.05, 0.1) is 5.60 Å². The van der Waals surface area contributed by atoms with Crippen molar-refractivity contribution < 1.29 is 4.74 Å². The van der Waals surface area contributed by atoms with Gasteiger partial charge in [0.25, 0.3) is 0 Å². The number of ether oxygens (including phenoxy) is 1. The van der Waals surface area contributed by atoms with Crippen LogP contribution in [0.25, 0.3) is 0 Å². The van der Waals surface area contributed by atoms with Crippen LogP contribution in [0, 0.1) is 5.92 Å². The Labute approximate surface area is 124 Å². The molecule has 2 N–H and O–H groups in total. The van der Waals surface area contributed by atoms with Crippen LogP contribution in [0.1, 0.15) is 33.6 Å². The molecule has 1 unspecified atom stereocenters. The van der Waals surface area contributed by atoms with Crippen LogP contribution in [0.2, 0.25) is 0 Å². The van der Waals surface area contributed by atoms with E-state index in [9.17, 15) is 0 Å². The molecule has 0 aromatic carbocycles. The van der Waals surface area contributed by atoms with E-state index in [4.69, 9.17) is 4.74 Å². The number of methoxy groups -OCH3 is 1. The number of guanidine groups is 1. The Kier molecular flexibility index (Phi) is 7.30. The number of hydrogen-bond acceptors (Lipinski definition) is 3. The smallest absolute Gasteiger partial charge is 0.191 e. The van der Waals surface area contributed by atoms with E-state index in [0.29, 0.717) is 0 Å². The van der Waals surface area contributed by atoms with Gasteiger partial charge in [0, 0.05) is 33.8 Å². The summed E-state index contributed by atoms with van der Waals surface area (Å²) in [5.74, 6) is 1.60. The third-order valence-corrected chi connectivity index (χ3v) is 3.93. The van der Waals surface area contributed by atoms with Gasteiger partial charge in [0.15, 0.2) is 5.96 Å². The zero-order chi connectivity index (χ0) is 15.0. The van der Waals surface area contributed by atoms with Crippen LogP contribution in [0.15, 0.2) is 4.99 Å². The quantitative estimate of drug-likeness (QED) is 0.547. The van der Waals surface area contributed by atoms with Gasteiger partial charge in [-0.25, -0.2) is 0 Å². The summed E-state index contributed by atoms with van der Waals surface area (Å²) in [4.78, 5) is 6.82. The lowest BCUT2D eigenvalue weighted by Crippen LogP contribution is -2.46. The topological polar surface area (TPSA) is 48.9 Å². The first kappa shape index (κ1) is 17.2. The van der Waals surface area contributed by atoms with Gasteiger partial charge in [-0.15, -0.1) is 0 Å². The lowest BCUT2D eigenvalue weighted by Gasteiger charge is -2.25. The van der Waals surface area contributed by atoms with Crippen molar-refractivity contribution in [2.75, 3.05) is 46.9 Å². The first-order chi connectivity index (χ1) is 9.50. The van der Waals surface area contributed by atoms with Gasteiger partial charge >= 0.3 is 0 Å². The molecule has 1 aliphatic rings. The molecule has 1 atom stereocenters. The van der Waals surface area contributed by atoms with Crippen LogP contribution < -0.4 is 10.6 Å². The maximum absolute atomic E-state index is 5.40. The molecule has 0 saturated carbocycles. The monoisotopic (exact) mass is 284 g/mol. The van der Waals surface area contributed by atoms with Crippen LogP contribution in [-0.2, 0) is 4.74 Å². The van der Waals surface area contributed by atoms with Gasteiger partial charge in [-0.05, 0) is 45.7 Å². The van der Waals surface area contributed by atoms with Crippen molar-refractivity contribution >= 4 is 5.96 Å². The molecule has 0 spiro atoms. The van der Waals surface area contributed by atoms with Crippen molar-refractivity contribution in [3.63, 3.8) is 0 Å². The number of nitrogens with zero attached hydrogens (tertiary/aromatic N) is 2. The summed E-state index contributed by atoms with van der Waals surface area (Å²) in [5, 5.41) is 6.75. The zero-order valence-corrected chi connectivity index (χ0v) is 13.8. The molecule has 5 heteroatoms. The predicted octanol–water partition coefficient (Wildman–Crippen LogP) is 1.31. The molecule has 1 fully saturated rings. The standard InChI is InChI=1S/C15H32N4O/c1-6-8-19-9-7-13(11-19)10-17-14(16-4)18-12-15(2,3)20-5/h13H,6-12H2,1-5H3,(H2,16,17,18). The molecule has 118 valence electrons. The number of likely N-dealkylation sites (tertiary alicyclic amines) is 1. The number of hydrogen-bond donors (Lipinski definition) is 2. The number of nitrogens with one attached hydrogen (secondary N) is 2. The predicted molar refractivity (Wildman–Crippen MR) is 85.3 cm³/mol. The van der Waals surface area contributed by atoms with Crippen molar-refractivity contribution in [1.82, 2.24) is 15.5 Å². The van der Waals surface area contributed by atoms with E-state index in [1.165, 1.54) is 32.5 Å². The molecule has 0 aliphatic carbocycles. The fraction of sp³-hybridized carbons (Fsp3) is 0.933. The van der Waals surface area contributed by atoms with E-state index in [-0.39, 0.29) is 5.60 Å². The normalized spacial score (nSPS) is 21.2. The van der Waals surface area contributed by atoms with Gasteiger partial charge in [0.1, 0.15) is 0 Å². The maximum Gasteiger partial charge on any atom is 0.191 e. The van der Waals surface area contributed by atoms with Gasteiger partial charge in [-0.3, -0.25) is 4.99 Å². The van der Waals surface area contributed by atoms with Gasteiger partial charge < -0.3 is 20.3 Å². The van der Waals surface area contributed by atoms with E-state index < -0.39 is 0 Å². The molecule has 1 rings (SSSR count). The first-order valence-corrected chi connectivity index (χ1v) is 7.72. The molecule has 0 bridgehead atoms. The zero-order valence-electron chi connectivity index (χ0n) is 13.8. The molecule has 0 aromatic heterocycles. The molecule has 5 nitrogen and oxygen atoms in total. The number of aliphatic imine (C=N–C) groups is 1. The van der Waals surface area contributed by atoms with Gasteiger partial charge in [0.2, 0.25) is 0 Å². The van der Waals surface area contributed by atoms with E-state index in [1.54, 1.807) is 7.11 Å². The highest BCUT2D eigenvalue weighted by Gasteiger charge is 2.22. The summed E-state index contributed by atoms with van der Waals surface area (Å²) in [6, 6.07) is 0. The average molecular weight is 284 g/mol. The Hall–Kier alpha value is -0.810. The molecule has 0 radical (unpaired) electrons. The second-order valence-corrected chi connectivity index (χ2v) is 6.23. The van der Waals surface area contributed by atoms with Crippen LogP contribution in [0.4, 0.5) is 0 Å². The summed E-state index contributed by atoms with van der Waals surface area (Å²) < 4.78 is 5.40. The molecular formula is C15H32N4O. The molecule has 0 aromatic rings. The highest BCUT2D eigenvalue weighted by Crippen LogP contribution is 2.15. The molecule has 1 saturated heterocycles. The molecule has 0 amide bonds. The lowest BCUT2D eigenvalue weighted by molar-refractivity contribution is 0.0268. The minimum atomic E-state index is -0.178. The Bertz CT molecular complexity index is 304. The van der Waals surface area contributed by atoms with Crippen LogP contribution in [-0.4, -0.2) is 63.3 Å². The second kappa shape index (κ2) is 8.47. The minimum Gasteiger partial charge on any atom is -0.377 e. The Morgan fingerprint density at radius 1 is 1.40 bits per heavy atom. The van der Waals surface area contributed by atoms with Crippen LogP contribution >= 0.6 is 0 Å². The highest BCUT2D eigenvalue weighted by molar-refractivity contribution is 5.79. The van der Waals surface area contributed by atoms with E-state index in [1.807, 2.05) is 7.05 Å². The van der Waals surface area contributed by atoms with Crippen molar-refractivity contribution in [3.8, 4) is 0 Å². The van der Waals surface area contributed by atoms with Crippen molar-refractivity contribution in [1.29, 1.82) is 0 Å². The van der Waals surface area contributed by atoms with Crippen molar-refractivity contribution in [3.05, 3.63) is 0 Å². The summed E-state index contributed by atoms with van der Waals surface area (Å²) in [7, 11) is 3.55. The third kappa shape index (κ3) is 6.09. The maximum atomic E-state index is 5.40. The minimum absolute atomic E-state index is 0.178. The van der Waals surface area contributed by atoms with Gasteiger partial charge in [-0.2, -0.15) is 0 Å². The van der Waals surface area contributed by atoms with Crippen molar-refractivity contribution in [2.24, 2.45) is 10.9 Å². The SMILES string of the molecule is CCCN1CCC(CNC(=NC)NCC(C)(C)OC)C1. The fourth-order valence-electron chi connectivity index (χ4n) is 2.43. The molecule has 1 heterocycles. The number of rotatable bonds is 7. The summed E-state index contributed by atoms with van der Waals surface area (Å²) in [6.07, 6.45) is 2.53. The van der Waals surface area contributed by atoms with E-state index in [2.05, 4.69) is 41.3 Å². The summed E-state index contributed by atoms with van der Waals surface area (Å²) in [6.45, 7) is 11.8. The molecule has 20 heavy (non-hydrogen) atoms. The van der Waals surface area contributed by atoms with Crippen LogP contribution in [0.3, 0.4) is 0 Å². The third-order valence-electron chi connectivity index (χ3n) is 3.93. The average Bonchev–Trinajstić information content (AvgIpc) is 2.87. The molecular weight excluding hydrogens is 252 g/mol. The van der Waals surface area contributed by atoms with E-state index >= 15 is 0 Å². The summed E-state index contributed by atoms with van der Waals surface area (Å²) in [5.41, 5.74) is -0.178. The second-order valence-electron chi connectivity index (χ2n) is 6.23. The van der Waals surface area contributed by atoms with E-state index in [0.717, 1.165) is 25.0 Å². The fourth-order valence-corrected chi connectivity index (χ4v) is 2.43. The Morgan fingerprint density at radius 3 is 2.75 bits per heavy atom. The lowest BCUT2D eigenvalue weighted by atomic mass is 10.1. The highest BCUT2D eigenvalue weighted by atomic mass is 16.5. The van der Waals surface area contributed by atoms with Crippen LogP contribution in [0.5, 0.6) is 0 Å². The Balaban J connectivity index is 2.25. The van der Waals surface area contributed by atoms with Crippen molar-refractivity contribution in [2.45, 2.75) is 39.2 Å². The largest absolute Gasteiger partial charge is 0.377 e. The van der Waals surface area contributed by atoms with Gasteiger partial charge in [-0.1, -0.05) is 6.92 Å². The Morgan fingerprint density at radius 2 is 2.15 bits per heavy atom.